The third kappa shape index (κ3) is 3.50. The van der Waals surface area contributed by atoms with Gasteiger partial charge in [0.15, 0.2) is 5.78 Å². The minimum Gasteiger partial charge on any atom is -0.342 e. The van der Waals surface area contributed by atoms with E-state index >= 15 is 0 Å². The van der Waals surface area contributed by atoms with Crippen LogP contribution in [0.15, 0.2) is 30.3 Å². The fraction of sp³-hybridized carbons (Fsp3) is 0.385. The van der Waals surface area contributed by atoms with E-state index in [1.54, 1.807) is 24.3 Å². The largest absolute Gasteiger partial charge is 0.342 e. The van der Waals surface area contributed by atoms with Crippen molar-refractivity contribution in [1.29, 1.82) is 0 Å². The monoisotopic (exact) mass is 219 g/mol. The smallest absolute Gasteiger partial charge is 0.251 e. The van der Waals surface area contributed by atoms with Crippen LogP contribution in [0.5, 0.6) is 0 Å². The van der Waals surface area contributed by atoms with Crippen molar-refractivity contribution < 1.29 is 9.59 Å². The van der Waals surface area contributed by atoms with Crippen molar-refractivity contribution in [3.8, 4) is 0 Å². The molecule has 16 heavy (non-hydrogen) atoms. The molecule has 0 aromatic heterocycles. The molecule has 0 bridgehead atoms. The number of rotatable bonds is 5. The lowest BCUT2D eigenvalue weighted by Crippen LogP contribution is -2.39. The molecule has 1 amide bonds. The van der Waals surface area contributed by atoms with Gasteiger partial charge in [-0.1, -0.05) is 31.5 Å². The summed E-state index contributed by atoms with van der Waals surface area (Å²) < 4.78 is 0. The summed E-state index contributed by atoms with van der Waals surface area (Å²) in [6.45, 7) is 3.50. The third-order valence-electron chi connectivity index (χ3n) is 2.41. The van der Waals surface area contributed by atoms with E-state index in [4.69, 9.17) is 0 Å². The predicted molar refractivity (Wildman–Crippen MR) is 63.3 cm³/mol. The van der Waals surface area contributed by atoms with Crippen LogP contribution in [0, 0.1) is 0 Å². The van der Waals surface area contributed by atoms with E-state index in [-0.39, 0.29) is 17.7 Å². The average Bonchev–Trinajstić information content (AvgIpc) is 2.29. The molecule has 0 saturated heterocycles. The van der Waals surface area contributed by atoms with Crippen LogP contribution in [-0.2, 0) is 4.79 Å². The number of hydrogen-bond acceptors (Lipinski definition) is 2. The van der Waals surface area contributed by atoms with E-state index in [0.29, 0.717) is 12.0 Å². The zero-order valence-electron chi connectivity index (χ0n) is 9.69. The number of hydrogen-bond donors (Lipinski definition) is 1. The first kappa shape index (κ1) is 12.4. The number of benzene rings is 1. The van der Waals surface area contributed by atoms with E-state index < -0.39 is 0 Å². The molecule has 0 radical (unpaired) electrons. The van der Waals surface area contributed by atoms with Crippen LogP contribution < -0.4 is 5.32 Å². The molecule has 1 rings (SSSR count). The van der Waals surface area contributed by atoms with Crippen LogP contribution in [0.1, 0.15) is 37.0 Å². The van der Waals surface area contributed by atoms with Crippen molar-refractivity contribution in [3.63, 3.8) is 0 Å². The lowest BCUT2D eigenvalue weighted by molar-refractivity contribution is -0.118. The molecule has 3 nitrogen and oxygen atoms in total. The quantitative estimate of drug-likeness (QED) is 0.825. The molecule has 1 aromatic rings. The van der Waals surface area contributed by atoms with Crippen LogP contribution in [0.25, 0.3) is 0 Å². The van der Waals surface area contributed by atoms with Gasteiger partial charge in [-0.15, -0.1) is 0 Å². The van der Waals surface area contributed by atoms with Crippen LogP contribution >= 0.6 is 0 Å². The number of ketones is 1. The standard InChI is InChI=1S/C13H17NO2/c1-3-7-12(10(2)15)14-13(16)11-8-5-4-6-9-11/h4-6,8-9,12H,3,7H2,1-2H3,(H,14,16). The van der Waals surface area contributed by atoms with Gasteiger partial charge in [0, 0.05) is 5.56 Å². The average molecular weight is 219 g/mol. The first-order chi connectivity index (χ1) is 7.65. The van der Waals surface area contributed by atoms with Gasteiger partial charge < -0.3 is 5.32 Å². The summed E-state index contributed by atoms with van der Waals surface area (Å²) in [6.07, 6.45) is 1.56. The number of carbonyl (C=O) groups excluding carboxylic acids is 2. The van der Waals surface area contributed by atoms with Crippen molar-refractivity contribution in [1.82, 2.24) is 5.32 Å². The molecule has 0 heterocycles. The Kier molecular flexibility index (Phi) is 4.70. The molecular weight excluding hydrogens is 202 g/mol. The molecule has 0 aliphatic carbocycles. The van der Waals surface area contributed by atoms with Crippen molar-refractivity contribution in [2.75, 3.05) is 0 Å². The fourth-order valence-electron chi connectivity index (χ4n) is 1.50. The van der Waals surface area contributed by atoms with Gasteiger partial charge in [-0.05, 0) is 25.5 Å². The molecular formula is C13H17NO2. The summed E-state index contributed by atoms with van der Waals surface area (Å²) in [5, 5.41) is 2.75. The van der Waals surface area contributed by atoms with Gasteiger partial charge in [-0.2, -0.15) is 0 Å². The molecule has 0 spiro atoms. The van der Waals surface area contributed by atoms with E-state index in [2.05, 4.69) is 5.32 Å². The third-order valence-corrected chi connectivity index (χ3v) is 2.41. The maximum atomic E-state index is 11.8. The van der Waals surface area contributed by atoms with E-state index in [1.807, 2.05) is 13.0 Å². The van der Waals surface area contributed by atoms with Gasteiger partial charge in [0.1, 0.15) is 0 Å². The number of carbonyl (C=O) groups is 2. The molecule has 0 saturated carbocycles. The summed E-state index contributed by atoms with van der Waals surface area (Å²) in [7, 11) is 0. The van der Waals surface area contributed by atoms with E-state index in [9.17, 15) is 9.59 Å². The van der Waals surface area contributed by atoms with Gasteiger partial charge in [-0.25, -0.2) is 0 Å². The predicted octanol–water partition coefficient (Wildman–Crippen LogP) is 2.17. The minimum atomic E-state index is -0.363. The molecule has 1 unspecified atom stereocenters. The van der Waals surface area contributed by atoms with Crippen molar-refractivity contribution in [2.24, 2.45) is 0 Å². The van der Waals surface area contributed by atoms with Gasteiger partial charge in [0.25, 0.3) is 5.91 Å². The van der Waals surface area contributed by atoms with Crippen LogP contribution in [-0.4, -0.2) is 17.7 Å². The highest BCUT2D eigenvalue weighted by Crippen LogP contribution is 2.02. The van der Waals surface area contributed by atoms with Gasteiger partial charge in [-0.3, -0.25) is 9.59 Å². The minimum absolute atomic E-state index is 0.00568. The van der Waals surface area contributed by atoms with Crippen LogP contribution in [0.2, 0.25) is 0 Å². The first-order valence-corrected chi connectivity index (χ1v) is 5.51. The Hall–Kier alpha value is -1.64. The summed E-state index contributed by atoms with van der Waals surface area (Å²) in [5.41, 5.74) is 0.588. The zero-order chi connectivity index (χ0) is 12.0. The Morgan fingerprint density at radius 2 is 1.88 bits per heavy atom. The zero-order valence-corrected chi connectivity index (χ0v) is 9.69. The van der Waals surface area contributed by atoms with Gasteiger partial charge in [0.05, 0.1) is 6.04 Å². The van der Waals surface area contributed by atoms with Crippen LogP contribution in [0.3, 0.4) is 0 Å². The summed E-state index contributed by atoms with van der Waals surface area (Å²) in [5.74, 6) is -0.180. The number of amides is 1. The molecule has 1 atom stereocenters. The fourth-order valence-corrected chi connectivity index (χ4v) is 1.50. The number of nitrogens with one attached hydrogen (secondary N) is 1. The van der Waals surface area contributed by atoms with Crippen LogP contribution in [0.4, 0.5) is 0 Å². The maximum Gasteiger partial charge on any atom is 0.251 e. The Balaban J connectivity index is 2.65. The van der Waals surface area contributed by atoms with Gasteiger partial charge in [0.2, 0.25) is 0 Å². The molecule has 86 valence electrons. The van der Waals surface area contributed by atoms with Gasteiger partial charge >= 0.3 is 0 Å². The Bertz CT molecular complexity index is 359. The highest BCUT2D eigenvalue weighted by Gasteiger charge is 2.16. The molecule has 0 aliphatic rings. The second-order valence-corrected chi connectivity index (χ2v) is 3.79. The number of Topliss-reactive ketones (excluding diaryl/α,β-unsaturated/α-hetero) is 1. The SMILES string of the molecule is CCCC(NC(=O)c1ccccc1)C(C)=O. The summed E-state index contributed by atoms with van der Waals surface area (Å²) in [6, 6.07) is 8.56. The molecule has 3 heteroatoms. The molecule has 0 fully saturated rings. The highest BCUT2D eigenvalue weighted by molar-refractivity contribution is 5.97. The lowest BCUT2D eigenvalue weighted by Gasteiger charge is -2.14. The summed E-state index contributed by atoms with van der Waals surface area (Å²) >= 11 is 0. The molecule has 1 aromatic carbocycles. The molecule has 0 aliphatic heterocycles. The van der Waals surface area contributed by atoms with Crippen molar-refractivity contribution in [2.45, 2.75) is 32.7 Å². The molecule has 1 N–H and O–H groups in total. The Morgan fingerprint density at radius 1 is 1.25 bits per heavy atom. The van der Waals surface area contributed by atoms with Crippen molar-refractivity contribution >= 4 is 11.7 Å². The Labute approximate surface area is 95.9 Å². The second-order valence-electron chi connectivity index (χ2n) is 3.79. The maximum absolute atomic E-state index is 11.8. The normalized spacial score (nSPS) is 11.9. The summed E-state index contributed by atoms with van der Waals surface area (Å²) in [4.78, 5) is 23.1. The topological polar surface area (TPSA) is 46.2 Å². The lowest BCUT2D eigenvalue weighted by atomic mass is 10.1. The first-order valence-electron chi connectivity index (χ1n) is 5.51. The van der Waals surface area contributed by atoms with E-state index in [0.717, 1.165) is 6.42 Å². The van der Waals surface area contributed by atoms with Crippen molar-refractivity contribution in [3.05, 3.63) is 35.9 Å². The highest BCUT2D eigenvalue weighted by atomic mass is 16.2. The Morgan fingerprint density at radius 3 is 2.38 bits per heavy atom. The second kappa shape index (κ2) is 6.05. The van der Waals surface area contributed by atoms with E-state index in [1.165, 1.54) is 6.92 Å².